The summed E-state index contributed by atoms with van der Waals surface area (Å²) in [7, 11) is 1.44. The first-order chi connectivity index (χ1) is 9.19. The van der Waals surface area contributed by atoms with Gasteiger partial charge in [-0.3, -0.25) is 9.69 Å². The Morgan fingerprint density at radius 2 is 2.11 bits per heavy atom. The molecule has 0 aliphatic carbocycles. The molecule has 2 heterocycles. The van der Waals surface area contributed by atoms with Crippen LogP contribution in [0.5, 0.6) is 0 Å². The van der Waals surface area contributed by atoms with Gasteiger partial charge in [-0.2, -0.15) is 4.37 Å². The van der Waals surface area contributed by atoms with Crippen LogP contribution in [0.25, 0.3) is 0 Å². The Morgan fingerprint density at radius 3 is 2.68 bits per heavy atom. The van der Waals surface area contributed by atoms with Gasteiger partial charge in [0.1, 0.15) is 5.82 Å². The Balaban J connectivity index is 1.69. The van der Waals surface area contributed by atoms with Crippen LogP contribution in [0.1, 0.15) is 18.7 Å². The molecular weight excluding hydrogens is 264 g/mol. The minimum Gasteiger partial charge on any atom is -0.469 e. The molecule has 1 aliphatic rings. The molecule has 1 aliphatic heterocycles. The molecule has 2 rings (SSSR count). The van der Waals surface area contributed by atoms with Gasteiger partial charge in [-0.15, -0.1) is 0 Å². The van der Waals surface area contributed by atoms with Gasteiger partial charge in [-0.05, 0) is 19.9 Å². The first-order valence-electron chi connectivity index (χ1n) is 6.53. The topological polar surface area (TPSA) is 58.6 Å². The van der Waals surface area contributed by atoms with E-state index in [4.69, 9.17) is 0 Å². The van der Waals surface area contributed by atoms with Crippen LogP contribution in [-0.4, -0.2) is 60.1 Å². The lowest BCUT2D eigenvalue weighted by molar-refractivity contribution is -0.140. The second-order valence-electron chi connectivity index (χ2n) is 4.63. The Kier molecular flexibility index (Phi) is 5.09. The van der Waals surface area contributed by atoms with Gasteiger partial charge in [0, 0.05) is 44.1 Å². The molecule has 1 saturated heterocycles. The van der Waals surface area contributed by atoms with Crippen LogP contribution in [0.3, 0.4) is 0 Å². The maximum atomic E-state index is 11.0. The zero-order valence-corrected chi connectivity index (χ0v) is 12.3. The summed E-state index contributed by atoms with van der Waals surface area (Å²) in [5, 5.41) is 1.02. The average Bonchev–Trinajstić information content (AvgIpc) is 2.86. The molecule has 0 saturated carbocycles. The second kappa shape index (κ2) is 6.81. The Hall–Kier alpha value is -1.21. The van der Waals surface area contributed by atoms with Crippen LogP contribution < -0.4 is 4.90 Å². The maximum absolute atomic E-state index is 11.0. The number of carbonyl (C=O) groups excluding carboxylic acids is 1. The fraction of sp³-hybridized carbons (Fsp3) is 0.750. The molecule has 0 spiro atoms. The molecule has 1 aromatic heterocycles. The third-order valence-corrected chi connectivity index (χ3v) is 4.11. The fourth-order valence-corrected chi connectivity index (χ4v) is 2.85. The van der Waals surface area contributed by atoms with Crippen LogP contribution in [0.2, 0.25) is 0 Å². The molecule has 0 N–H and O–H groups in total. The van der Waals surface area contributed by atoms with E-state index in [1.165, 1.54) is 18.6 Å². The van der Waals surface area contributed by atoms with Crippen LogP contribution in [0, 0.1) is 6.92 Å². The summed E-state index contributed by atoms with van der Waals surface area (Å²) in [6.45, 7) is 6.86. The van der Waals surface area contributed by atoms with Gasteiger partial charge in [-0.25, -0.2) is 4.98 Å². The highest BCUT2D eigenvalue weighted by Gasteiger charge is 2.19. The van der Waals surface area contributed by atoms with Crippen LogP contribution in [0.4, 0.5) is 5.13 Å². The van der Waals surface area contributed by atoms with Crippen molar-refractivity contribution in [3.05, 3.63) is 5.82 Å². The SMILES string of the molecule is COC(=O)CCCN1CCN(c2nc(C)ns2)CC1. The lowest BCUT2D eigenvalue weighted by Gasteiger charge is -2.34. The molecule has 0 amide bonds. The fourth-order valence-electron chi connectivity index (χ4n) is 2.13. The lowest BCUT2D eigenvalue weighted by atomic mass is 10.2. The van der Waals surface area contributed by atoms with Crippen molar-refractivity contribution in [3.63, 3.8) is 0 Å². The predicted molar refractivity (Wildman–Crippen MR) is 74.5 cm³/mol. The van der Waals surface area contributed by atoms with E-state index in [0.717, 1.165) is 50.1 Å². The van der Waals surface area contributed by atoms with Crippen molar-refractivity contribution in [3.8, 4) is 0 Å². The standard InChI is InChI=1S/C12H20N4O2S/c1-10-13-12(19-14-10)16-8-6-15(7-9-16)5-3-4-11(17)18-2/h3-9H2,1-2H3. The van der Waals surface area contributed by atoms with E-state index in [9.17, 15) is 4.79 Å². The molecule has 1 aromatic rings. The van der Waals surface area contributed by atoms with Gasteiger partial charge >= 0.3 is 5.97 Å². The average molecular weight is 284 g/mol. The molecule has 1 fully saturated rings. The quantitative estimate of drug-likeness (QED) is 0.750. The molecule has 0 radical (unpaired) electrons. The Labute approximate surface area is 117 Å². The third kappa shape index (κ3) is 4.14. The number of hydrogen-bond donors (Lipinski definition) is 0. The zero-order chi connectivity index (χ0) is 13.7. The first-order valence-corrected chi connectivity index (χ1v) is 7.31. The monoisotopic (exact) mass is 284 g/mol. The summed E-state index contributed by atoms with van der Waals surface area (Å²) < 4.78 is 8.85. The number of anilines is 1. The van der Waals surface area contributed by atoms with E-state index >= 15 is 0 Å². The van der Waals surface area contributed by atoms with Gasteiger partial charge in [0.25, 0.3) is 0 Å². The molecule has 0 bridgehead atoms. The molecule has 0 aromatic carbocycles. The van der Waals surface area contributed by atoms with Gasteiger partial charge in [-0.1, -0.05) is 0 Å². The third-order valence-electron chi connectivity index (χ3n) is 3.24. The van der Waals surface area contributed by atoms with E-state index in [1.807, 2.05) is 6.92 Å². The number of rotatable bonds is 5. The van der Waals surface area contributed by atoms with Gasteiger partial charge in [0.05, 0.1) is 7.11 Å². The molecule has 6 nitrogen and oxygen atoms in total. The highest BCUT2D eigenvalue weighted by molar-refractivity contribution is 7.09. The summed E-state index contributed by atoms with van der Waals surface area (Å²) in [6, 6.07) is 0. The summed E-state index contributed by atoms with van der Waals surface area (Å²) in [6.07, 6.45) is 1.37. The van der Waals surface area contributed by atoms with Crippen molar-refractivity contribution in [2.24, 2.45) is 0 Å². The lowest BCUT2D eigenvalue weighted by Crippen LogP contribution is -2.46. The van der Waals surface area contributed by atoms with Gasteiger partial charge in [0.2, 0.25) is 5.13 Å². The summed E-state index contributed by atoms with van der Waals surface area (Å²) in [5.74, 6) is 0.725. The second-order valence-corrected chi connectivity index (χ2v) is 5.36. The normalized spacial score (nSPS) is 16.6. The minimum atomic E-state index is -0.122. The van der Waals surface area contributed by atoms with E-state index in [-0.39, 0.29) is 5.97 Å². The number of ether oxygens (including phenoxy) is 1. The van der Waals surface area contributed by atoms with E-state index < -0.39 is 0 Å². The van der Waals surface area contributed by atoms with Gasteiger partial charge in [0.15, 0.2) is 0 Å². The number of piperazine rings is 1. The Bertz CT molecular complexity index is 416. The molecule has 0 unspecified atom stereocenters. The number of aromatic nitrogens is 2. The van der Waals surface area contributed by atoms with Crippen LogP contribution >= 0.6 is 11.5 Å². The number of methoxy groups -OCH3 is 1. The molecule has 19 heavy (non-hydrogen) atoms. The minimum absolute atomic E-state index is 0.122. The number of esters is 1. The first kappa shape index (κ1) is 14.2. The number of hydrogen-bond acceptors (Lipinski definition) is 7. The number of aryl methyl sites for hydroxylation is 1. The summed E-state index contributed by atoms with van der Waals surface area (Å²) in [4.78, 5) is 20.1. The highest BCUT2D eigenvalue weighted by Crippen LogP contribution is 2.18. The highest BCUT2D eigenvalue weighted by atomic mass is 32.1. The van der Waals surface area contributed by atoms with Crippen molar-refractivity contribution in [1.29, 1.82) is 0 Å². The van der Waals surface area contributed by atoms with Crippen molar-refractivity contribution >= 4 is 22.6 Å². The van der Waals surface area contributed by atoms with Crippen molar-refractivity contribution in [2.45, 2.75) is 19.8 Å². The molecular formula is C12H20N4O2S. The molecule has 7 heteroatoms. The van der Waals surface area contributed by atoms with Crippen LogP contribution in [-0.2, 0) is 9.53 Å². The smallest absolute Gasteiger partial charge is 0.305 e. The largest absolute Gasteiger partial charge is 0.469 e. The van der Waals surface area contributed by atoms with Crippen molar-refractivity contribution in [2.75, 3.05) is 44.7 Å². The number of nitrogens with zero attached hydrogens (tertiary/aromatic N) is 4. The van der Waals surface area contributed by atoms with E-state index in [2.05, 4.69) is 23.9 Å². The summed E-state index contributed by atoms with van der Waals surface area (Å²) in [5.41, 5.74) is 0. The van der Waals surface area contributed by atoms with Gasteiger partial charge < -0.3 is 9.64 Å². The number of carbonyl (C=O) groups is 1. The Morgan fingerprint density at radius 1 is 1.37 bits per heavy atom. The maximum Gasteiger partial charge on any atom is 0.305 e. The van der Waals surface area contributed by atoms with Crippen molar-refractivity contribution in [1.82, 2.24) is 14.3 Å². The van der Waals surface area contributed by atoms with Crippen LogP contribution in [0.15, 0.2) is 0 Å². The van der Waals surface area contributed by atoms with E-state index in [1.54, 1.807) is 0 Å². The van der Waals surface area contributed by atoms with Crippen molar-refractivity contribution < 1.29 is 9.53 Å². The van der Waals surface area contributed by atoms with E-state index in [0.29, 0.717) is 6.42 Å². The summed E-state index contributed by atoms with van der Waals surface area (Å²) >= 11 is 1.47. The molecule has 106 valence electrons. The molecule has 0 atom stereocenters. The predicted octanol–water partition coefficient (Wildman–Crippen LogP) is 0.922. The zero-order valence-electron chi connectivity index (χ0n) is 11.5.